The lowest BCUT2D eigenvalue weighted by Crippen LogP contribution is -2.05. The summed E-state index contributed by atoms with van der Waals surface area (Å²) in [5, 5.41) is 4.90. The lowest BCUT2D eigenvalue weighted by atomic mass is 9.48. The molecule has 5 heteroatoms. The third-order valence-corrected chi connectivity index (χ3v) is 5.79. The minimum absolute atomic E-state index is 0.609. The van der Waals surface area contributed by atoms with Crippen LogP contribution in [0.25, 0.3) is 21.8 Å². The summed E-state index contributed by atoms with van der Waals surface area (Å²) in [4.78, 5) is 1.21. The van der Waals surface area contributed by atoms with E-state index in [1.807, 2.05) is 22.9 Å². The Balaban J connectivity index is 1.84. The van der Waals surface area contributed by atoms with Crippen LogP contribution in [0.4, 0.5) is 0 Å². The maximum absolute atomic E-state index is 4.90. The largest absolute Gasteiger partial charge is 0.232 e. The fourth-order valence-corrected chi connectivity index (χ4v) is 4.22. The Morgan fingerprint density at radius 3 is 2.67 bits per heavy atom. The molecule has 0 N–H and O–H groups in total. The van der Waals surface area contributed by atoms with Crippen molar-refractivity contribution in [1.82, 2.24) is 9.78 Å². The van der Waals surface area contributed by atoms with Crippen LogP contribution in [0.5, 0.6) is 0 Å². The molecule has 0 saturated heterocycles. The molecule has 0 unspecified atom stereocenters. The maximum Gasteiger partial charge on any atom is 0.167 e. The Kier molecular flexibility index (Phi) is 4.29. The fourth-order valence-electron chi connectivity index (χ4n) is 2.83. The lowest BCUT2D eigenvalue weighted by molar-refractivity contribution is 0.883. The van der Waals surface area contributed by atoms with Crippen LogP contribution in [-0.2, 0) is 0 Å². The number of hydrogen-bond donors (Lipinski definition) is 0. The molecular formula is C19H16BBrN2S. The molecule has 2 aromatic heterocycles. The number of aromatic nitrogens is 2. The Morgan fingerprint density at radius 2 is 2.00 bits per heavy atom. The predicted octanol–water partition coefficient (Wildman–Crippen LogP) is 5.98. The minimum Gasteiger partial charge on any atom is -0.232 e. The van der Waals surface area contributed by atoms with Crippen LogP contribution in [0.1, 0.15) is 5.69 Å². The molecule has 118 valence electrons. The van der Waals surface area contributed by atoms with Gasteiger partial charge in [-0.15, -0.1) is 17.3 Å². The maximum atomic E-state index is 4.90. The second-order valence-electron chi connectivity index (χ2n) is 6.00. The van der Waals surface area contributed by atoms with Crippen LogP contribution in [0, 0.1) is 0 Å². The van der Waals surface area contributed by atoms with Crippen molar-refractivity contribution in [1.29, 1.82) is 0 Å². The van der Waals surface area contributed by atoms with E-state index in [9.17, 15) is 0 Å². The van der Waals surface area contributed by atoms with E-state index >= 15 is 0 Å². The monoisotopic (exact) mass is 394 g/mol. The highest BCUT2D eigenvalue weighted by Gasteiger charge is 2.16. The average molecular weight is 395 g/mol. The highest BCUT2D eigenvalue weighted by molar-refractivity contribution is 9.11. The van der Waals surface area contributed by atoms with Crippen molar-refractivity contribution < 1.29 is 0 Å². The van der Waals surface area contributed by atoms with Gasteiger partial charge in [0, 0.05) is 0 Å². The van der Waals surface area contributed by atoms with Gasteiger partial charge in [0.2, 0.25) is 0 Å². The van der Waals surface area contributed by atoms with Crippen LogP contribution in [0.2, 0.25) is 13.1 Å². The second-order valence-corrected chi connectivity index (χ2v) is 8.46. The van der Waals surface area contributed by atoms with Crippen molar-refractivity contribution in [2.24, 2.45) is 0 Å². The first-order chi connectivity index (χ1) is 11.7. The molecule has 0 fully saturated rings. The zero-order valence-electron chi connectivity index (χ0n) is 13.3. The van der Waals surface area contributed by atoms with Crippen molar-refractivity contribution >= 4 is 39.6 Å². The summed E-state index contributed by atoms with van der Waals surface area (Å²) in [7, 11) is 0. The summed E-state index contributed by atoms with van der Waals surface area (Å²) in [6.45, 7) is 2.85. The zero-order chi connectivity index (χ0) is 16.5. The summed E-state index contributed by atoms with van der Waals surface area (Å²) in [6.07, 6.45) is 5.56. The van der Waals surface area contributed by atoms with Gasteiger partial charge in [-0.25, -0.2) is 4.68 Å². The minimum atomic E-state index is 0.609. The molecule has 1 aliphatic rings. The number of nitrogens with zero attached hydrogens (tertiary/aromatic N) is 2. The molecule has 0 radical (unpaired) electrons. The second kappa shape index (κ2) is 6.57. The molecule has 0 amide bonds. The van der Waals surface area contributed by atoms with Crippen molar-refractivity contribution in [2.75, 3.05) is 0 Å². The van der Waals surface area contributed by atoms with Crippen LogP contribution in [0.15, 0.2) is 70.4 Å². The summed E-state index contributed by atoms with van der Waals surface area (Å²) < 4.78 is 3.17. The molecule has 0 saturated carbocycles. The molecule has 24 heavy (non-hydrogen) atoms. The van der Waals surface area contributed by atoms with Gasteiger partial charge in [0.05, 0.1) is 25.7 Å². The summed E-state index contributed by atoms with van der Waals surface area (Å²) in [5.74, 6) is 2.26. The van der Waals surface area contributed by atoms with E-state index in [1.165, 1.54) is 10.5 Å². The van der Waals surface area contributed by atoms with E-state index < -0.39 is 0 Å². The molecule has 0 spiro atoms. The van der Waals surface area contributed by atoms with Crippen molar-refractivity contribution in [3.63, 3.8) is 0 Å². The number of hydrogen-bond acceptors (Lipinski definition) is 2. The van der Waals surface area contributed by atoms with Gasteiger partial charge >= 0.3 is 0 Å². The molecule has 2 nitrogen and oxygen atoms in total. The van der Waals surface area contributed by atoms with E-state index in [0.717, 1.165) is 27.2 Å². The molecule has 3 heterocycles. The molecule has 4 rings (SSSR count). The molecule has 3 aromatic rings. The standard InChI is InChI=1S/C19H16BBrN2S/c1-20-11-9-14(10-12-20)16-13-17(18-7-8-19(21)24-18)23(22-16)15-5-3-2-4-6-15/h2-11,13H,12H2,1H3. The number of allylic oxidation sites excluding steroid dienone is 3. The van der Waals surface area contributed by atoms with Gasteiger partial charge in [-0.05, 0) is 51.8 Å². The number of rotatable bonds is 3. The van der Waals surface area contributed by atoms with Crippen molar-refractivity contribution in [3.05, 3.63) is 76.1 Å². The summed E-state index contributed by atoms with van der Waals surface area (Å²) in [6, 6.07) is 16.7. The smallest absolute Gasteiger partial charge is 0.167 e. The molecule has 0 atom stereocenters. The third-order valence-electron chi connectivity index (χ3n) is 4.15. The Morgan fingerprint density at radius 1 is 1.17 bits per heavy atom. The Bertz CT molecular complexity index is 924. The first-order valence-electron chi connectivity index (χ1n) is 8.00. The fraction of sp³-hybridized carbons (Fsp3) is 0.105. The van der Waals surface area contributed by atoms with Crippen LogP contribution in [-0.4, -0.2) is 16.5 Å². The average Bonchev–Trinajstić information content (AvgIpc) is 3.23. The first-order valence-corrected chi connectivity index (χ1v) is 9.61. The van der Waals surface area contributed by atoms with E-state index in [4.69, 9.17) is 5.10 Å². The molecule has 1 aliphatic heterocycles. The van der Waals surface area contributed by atoms with Gasteiger partial charge < -0.3 is 0 Å². The highest BCUT2D eigenvalue weighted by Crippen LogP contribution is 2.34. The highest BCUT2D eigenvalue weighted by atomic mass is 79.9. The topological polar surface area (TPSA) is 17.8 Å². The lowest BCUT2D eigenvalue weighted by Gasteiger charge is -2.07. The van der Waals surface area contributed by atoms with E-state index in [0.29, 0.717) is 6.71 Å². The van der Waals surface area contributed by atoms with Gasteiger partial charge in [0.15, 0.2) is 6.71 Å². The van der Waals surface area contributed by atoms with Crippen molar-refractivity contribution in [3.8, 4) is 16.3 Å². The van der Waals surface area contributed by atoms with Gasteiger partial charge in [-0.1, -0.05) is 43.5 Å². The van der Waals surface area contributed by atoms with Crippen LogP contribution in [0.3, 0.4) is 0 Å². The predicted molar refractivity (Wildman–Crippen MR) is 108 cm³/mol. The summed E-state index contributed by atoms with van der Waals surface area (Å²) >= 11 is 5.29. The van der Waals surface area contributed by atoms with Gasteiger partial charge in [-0.2, -0.15) is 5.10 Å². The van der Waals surface area contributed by atoms with E-state index in [2.05, 4.69) is 71.2 Å². The number of thiophene rings is 1. The van der Waals surface area contributed by atoms with Crippen molar-refractivity contribution in [2.45, 2.75) is 13.1 Å². The quantitative estimate of drug-likeness (QED) is 0.499. The van der Waals surface area contributed by atoms with E-state index in [-0.39, 0.29) is 0 Å². The first kappa shape index (κ1) is 15.7. The zero-order valence-corrected chi connectivity index (χ0v) is 15.7. The van der Waals surface area contributed by atoms with Crippen LogP contribution < -0.4 is 0 Å². The Hall–Kier alpha value is -1.85. The number of benzene rings is 1. The normalized spacial score (nSPS) is 14.1. The SMILES string of the molecule is CB1C=CC(c2cc(-c3ccc(Br)s3)n(-c3ccccc3)n2)=CC1. The van der Waals surface area contributed by atoms with Crippen LogP contribution >= 0.6 is 27.3 Å². The number of halogens is 1. The van der Waals surface area contributed by atoms with Gasteiger partial charge in [0.25, 0.3) is 0 Å². The molecule has 0 aliphatic carbocycles. The Labute approximate surface area is 154 Å². The molecular weight excluding hydrogens is 379 g/mol. The molecule has 1 aromatic carbocycles. The van der Waals surface area contributed by atoms with E-state index in [1.54, 1.807) is 11.3 Å². The number of para-hydroxylation sites is 1. The third kappa shape index (κ3) is 3.06. The summed E-state index contributed by atoms with van der Waals surface area (Å²) in [5.41, 5.74) is 4.44. The van der Waals surface area contributed by atoms with Gasteiger partial charge in [-0.3, -0.25) is 0 Å². The van der Waals surface area contributed by atoms with Gasteiger partial charge in [0.1, 0.15) is 0 Å². The molecule has 0 bridgehead atoms.